The number of hydrogen-bond acceptors (Lipinski definition) is 5. The van der Waals surface area contributed by atoms with Gasteiger partial charge in [0.15, 0.2) is 5.65 Å². The molecule has 1 aliphatic heterocycles. The van der Waals surface area contributed by atoms with Crippen LogP contribution < -0.4 is 10.2 Å². The number of benzene rings is 1. The van der Waals surface area contributed by atoms with Gasteiger partial charge in [-0.1, -0.05) is 13.0 Å². The molecular formula is C21H21FN6. The summed E-state index contributed by atoms with van der Waals surface area (Å²) in [5.74, 6) is 0.500. The Hall–Kier alpha value is -3.06. The molecule has 1 unspecified atom stereocenters. The number of nitrogens with zero attached hydrogens (tertiary/aromatic N) is 5. The molecule has 0 aliphatic carbocycles. The maximum Gasteiger partial charge on any atom is 0.153 e. The quantitative estimate of drug-likeness (QED) is 0.596. The zero-order valence-corrected chi connectivity index (χ0v) is 15.6. The van der Waals surface area contributed by atoms with E-state index >= 15 is 4.39 Å². The monoisotopic (exact) mass is 376 g/mol. The Morgan fingerprint density at radius 2 is 1.93 bits per heavy atom. The number of nitrogens with one attached hydrogen (secondary N) is 1. The van der Waals surface area contributed by atoms with E-state index < -0.39 is 0 Å². The Morgan fingerprint density at radius 1 is 1.07 bits per heavy atom. The summed E-state index contributed by atoms with van der Waals surface area (Å²) >= 11 is 0. The van der Waals surface area contributed by atoms with Crippen molar-refractivity contribution in [2.24, 2.45) is 0 Å². The van der Waals surface area contributed by atoms with Crippen molar-refractivity contribution in [1.82, 2.24) is 24.9 Å². The van der Waals surface area contributed by atoms with Gasteiger partial charge < -0.3 is 10.2 Å². The second-order valence-corrected chi connectivity index (χ2v) is 7.14. The first-order valence-corrected chi connectivity index (χ1v) is 9.56. The fourth-order valence-corrected chi connectivity index (χ4v) is 3.87. The standard InChI is InChI=1S/C21H21FN6/c1-14(15-4-5-17-16(21(15)22)3-2-8-24-17)18-13-25-19-6-7-20(26-28(18)19)27-11-9-23-10-12-27/h2-8,13-14,23H,9-12H2,1H3. The number of halogens is 1. The minimum absolute atomic E-state index is 0.189. The molecule has 6 nitrogen and oxygen atoms in total. The lowest BCUT2D eigenvalue weighted by molar-refractivity contribution is 0.580. The highest BCUT2D eigenvalue weighted by Gasteiger charge is 2.21. The first-order valence-electron chi connectivity index (χ1n) is 9.56. The van der Waals surface area contributed by atoms with Crippen LogP contribution in [0.15, 0.2) is 48.8 Å². The van der Waals surface area contributed by atoms with Crippen molar-refractivity contribution in [3.05, 3.63) is 65.9 Å². The van der Waals surface area contributed by atoms with E-state index in [0.29, 0.717) is 16.5 Å². The normalized spacial score (nSPS) is 16.0. The first-order chi connectivity index (χ1) is 13.7. The third-order valence-corrected chi connectivity index (χ3v) is 5.47. The van der Waals surface area contributed by atoms with Crippen molar-refractivity contribution in [3.63, 3.8) is 0 Å². The fourth-order valence-electron chi connectivity index (χ4n) is 3.87. The number of fused-ring (bicyclic) bond motifs is 2. The molecule has 4 heterocycles. The van der Waals surface area contributed by atoms with E-state index in [1.807, 2.05) is 35.7 Å². The lowest BCUT2D eigenvalue weighted by Crippen LogP contribution is -2.44. The predicted molar refractivity (Wildman–Crippen MR) is 107 cm³/mol. The molecule has 28 heavy (non-hydrogen) atoms. The summed E-state index contributed by atoms with van der Waals surface area (Å²) in [4.78, 5) is 11.0. The van der Waals surface area contributed by atoms with Crippen LogP contribution in [-0.2, 0) is 0 Å². The number of aromatic nitrogens is 4. The van der Waals surface area contributed by atoms with Crippen molar-refractivity contribution in [2.75, 3.05) is 31.1 Å². The van der Waals surface area contributed by atoms with E-state index in [2.05, 4.69) is 20.2 Å². The maximum absolute atomic E-state index is 15.2. The predicted octanol–water partition coefficient (Wildman–Crippen LogP) is 2.98. The van der Waals surface area contributed by atoms with Gasteiger partial charge in [-0.2, -0.15) is 0 Å². The van der Waals surface area contributed by atoms with Gasteiger partial charge in [0.2, 0.25) is 0 Å². The van der Waals surface area contributed by atoms with Gasteiger partial charge in [0.1, 0.15) is 11.6 Å². The summed E-state index contributed by atoms with van der Waals surface area (Å²) in [6, 6.07) is 11.2. The molecule has 0 spiro atoms. The SMILES string of the molecule is CC(c1ccc2ncccc2c1F)c1cnc2ccc(N3CCNCC3)nn12. The molecule has 1 aromatic carbocycles. The van der Waals surface area contributed by atoms with Crippen LogP contribution in [0.1, 0.15) is 24.1 Å². The van der Waals surface area contributed by atoms with E-state index in [9.17, 15) is 0 Å². The molecule has 1 aliphatic rings. The summed E-state index contributed by atoms with van der Waals surface area (Å²) < 4.78 is 17.0. The Kier molecular flexibility index (Phi) is 4.16. The zero-order chi connectivity index (χ0) is 19.1. The molecule has 4 aromatic rings. The average molecular weight is 376 g/mol. The molecule has 1 atom stereocenters. The molecule has 1 saturated heterocycles. The Morgan fingerprint density at radius 3 is 2.79 bits per heavy atom. The van der Waals surface area contributed by atoms with Gasteiger partial charge in [-0.25, -0.2) is 13.9 Å². The van der Waals surface area contributed by atoms with Crippen molar-refractivity contribution >= 4 is 22.4 Å². The van der Waals surface area contributed by atoms with Gasteiger partial charge in [0.25, 0.3) is 0 Å². The second-order valence-electron chi connectivity index (χ2n) is 7.14. The number of pyridine rings is 1. The van der Waals surface area contributed by atoms with Gasteiger partial charge >= 0.3 is 0 Å². The van der Waals surface area contributed by atoms with Gasteiger partial charge in [0, 0.05) is 43.7 Å². The van der Waals surface area contributed by atoms with Crippen LogP contribution in [0.2, 0.25) is 0 Å². The van der Waals surface area contributed by atoms with Crippen LogP contribution in [0.4, 0.5) is 10.2 Å². The van der Waals surface area contributed by atoms with Crippen LogP contribution in [-0.4, -0.2) is 45.8 Å². The van der Waals surface area contributed by atoms with Crippen molar-refractivity contribution < 1.29 is 4.39 Å². The maximum atomic E-state index is 15.2. The van der Waals surface area contributed by atoms with E-state index in [4.69, 9.17) is 5.10 Å². The van der Waals surface area contributed by atoms with Crippen molar-refractivity contribution in [1.29, 1.82) is 0 Å². The van der Waals surface area contributed by atoms with Gasteiger partial charge in [-0.05, 0) is 35.9 Å². The molecule has 1 N–H and O–H groups in total. The van der Waals surface area contributed by atoms with Crippen LogP contribution >= 0.6 is 0 Å². The third-order valence-electron chi connectivity index (χ3n) is 5.47. The molecule has 5 rings (SSSR count). The minimum atomic E-state index is -0.230. The van der Waals surface area contributed by atoms with Crippen LogP contribution in [0.25, 0.3) is 16.6 Å². The van der Waals surface area contributed by atoms with Crippen molar-refractivity contribution in [2.45, 2.75) is 12.8 Å². The smallest absolute Gasteiger partial charge is 0.153 e. The van der Waals surface area contributed by atoms with Crippen molar-refractivity contribution in [3.8, 4) is 0 Å². The Labute approximate surface area is 162 Å². The number of anilines is 1. The van der Waals surface area contributed by atoms with Crippen LogP contribution in [0.5, 0.6) is 0 Å². The van der Waals surface area contributed by atoms with E-state index in [1.54, 1.807) is 24.5 Å². The number of rotatable bonds is 3. The summed E-state index contributed by atoms with van der Waals surface area (Å²) in [7, 11) is 0. The van der Waals surface area contributed by atoms with Gasteiger partial charge in [-0.15, -0.1) is 5.10 Å². The largest absolute Gasteiger partial charge is 0.353 e. The molecular weight excluding hydrogens is 355 g/mol. The Bertz CT molecular complexity index is 1150. The fraction of sp³-hybridized carbons (Fsp3) is 0.286. The van der Waals surface area contributed by atoms with E-state index in [1.165, 1.54) is 0 Å². The molecule has 0 amide bonds. The summed E-state index contributed by atoms with van der Waals surface area (Å²) in [6.07, 6.45) is 3.47. The van der Waals surface area contributed by atoms with Gasteiger partial charge in [-0.3, -0.25) is 4.98 Å². The molecule has 1 fully saturated rings. The Balaban J connectivity index is 1.57. The lowest BCUT2D eigenvalue weighted by atomic mass is 9.96. The summed E-state index contributed by atoms with van der Waals surface area (Å²) in [5.41, 5.74) is 2.92. The first kappa shape index (κ1) is 17.1. The lowest BCUT2D eigenvalue weighted by Gasteiger charge is -2.28. The second kappa shape index (κ2) is 6.83. The van der Waals surface area contributed by atoms with Crippen LogP contribution in [0, 0.1) is 5.82 Å². The zero-order valence-electron chi connectivity index (χ0n) is 15.6. The molecule has 142 valence electrons. The summed E-state index contributed by atoms with van der Waals surface area (Å²) in [5, 5.41) is 8.71. The molecule has 7 heteroatoms. The molecule has 0 radical (unpaired) electrons. The minimum Gasteiger partial charge on any atom is -0.353 e. The molecule has 0 saturated carbocycles. The topological polar surface area (TPSA) is 58.4 Å². The highest BCUT2D eigenvalue weighted by molar-refractivity contribution is 5.80. The number of piperazine rings is 1. The van der Waals surface area contributed by atoms with E-state index in [0.717, 1.165) is 43.3 Å². The molecule has 0 bridgehead atoms. The average Bonchev–Trinajstić information content (AvgIpc) is 3.18. The third kappa shape index (κ3) is 2.79. The molecule has 3 aromatic heterocycles. The van der Waals surface area contributed by atoms with Crippen LogP contribution in [0.3, 0.4) is 0 Å². The highest BCUT2D eigenvalue weighted by atomic mass is 19.1. The van der Waals surface area contributed by atoms with E-state index in [-0.39, 0.29) is 11.7 Å². The number of hydrogen-bond donors (Lipinski definition) is 1. The number of imidazole rings is 1. The summed E-state index contributed by atoms with van der Waals surface area (Å²) in [6.45, 7) is 5.73. The highest BCUT2D eigenvalue weighted by Crippen LogP contribution is 2.30. The van der Waals surface area contributed by atoms with Gasteiger partial charge in [0.05, 0.1) is 17.4 Å².